The quantitative estimate of drug-likeness (QED) is 0.0300. The summed E-state index contributed by atoms with van der Waals surface area (Å²) in [6.07, 6.45) is 7.51. The smallest absolute Gasteiger partial charge is 0.326 e. The van der Waals surface area contributed by atoms with Crippen LogP contribution in [0.4, 0.5) is 0 Å². The van der Waals surface area contributed by atoms with Crippen LogP contribution in [0.5, 0.6) is 0 Å². The van der Waals surface area contributed by atoms with Gasteiger partial charge < -0.3 is 114 Å². The van der Waals surface area contributed by atoms with Gasteiger partial charge in [-0.05, 0) is 231 Å². The van der Waals surface area contributed by atoms with Crippen molar-refractivity contribution in [1.82, 2.24) is 68.7 Å². The molecule has 13 amide bonds. The van der Waals surface area contributed by atoms with Crippen molar-refractivity contribution in [1.29, 1.82) is 0 Å². The van der Waals surface area contributed by atoms with Gasteiger partial charge in [-0.15, -0.1) is 0 Å². The maximum Gasteiger partial charge on any atom is 0.326 e. The Hall–Kier alpha value is -7.70. The van der Waals surface area contributed by atoms with Gasteiger partial charge in [0.25, 0.3) is 0 Å². The zero-order chi connectivity index (χ0) is 82.5. The van der Waals surface area contributed by atoms with E-state index in [4.69, 9.17) is 40.1 Å². The number of carbonyl (C=O) groups is 14. The van der Waals surface area contributed by atoms with Crippen LogP contribution in [0.2, 0.25) is 0 Å². The molecule has 0 spiro atoms. The fourth-order valence-electron chi connectivity index (χ4n) is 12.4. The summed E-state index contributed by atoms with van der Waals surface area (Å²) < 4.78 is 0. The second-order valence-corrected chi connectivity index (χ2v) is 30.6. The lowest BCUT2D eigenvalue weighted by molar-refractivity contribution is -0.143. The summed E-state index contributed by atoms with van der Waals surface area (Å²) in [5, 5.41) is 42.2. The third kappa shape index (κ3) is 39.7. The topological polar surface area (TPSA) is 589 Å². The first-order valence-electron chi connectivity index (χ1n) is 39.6. The lowest BCUT2D eigenvalue weighted by atomic mass is 10.00. The van der Waals surface area contributed by atoms with E-state index in [0.717, 1.165) is 0 Å². The molecule has 27 N–H and O–H groups in total. The molecule has 0 radical (unpaired) electrons. The highest BCUT2D eigenvalue weighted by atomic mass is 16.4. The zero-order valence-electron chi connectivity index (χ0n) is 67.0. The summed E-state index contributed by atoms with van der Waals surface area (Å²) in [6, 6.07) is -16.6. The van der Waals surface area contributed by atoms with Gasteiger partial charge in [0.05, 0.1) is 6.04 Å². The van der Waals surface area contributed by atoms with Crippen LogP contribution in [0.3, 0.4) is 0 Å². The van der Waals surface area contributed by atoms with Crippen LogP contribution in [0.15, 0.2) is 0 Å². The summed E-state index contributed by atoms with van der Waals surface area (Å²) in [7, 11) is 0. The van der Waals surface area contributed by atoms with E-state index in [2.05, 4.69) is 63.8 Å². The van der Waals surface area contributed by atoms with E-state index in [1.54, 1.807) is 0 Å². The number of carboxylic acid groups (broad SMARTS) is 1. The molecule has 109 heavy (non-hydrogen) atoms. The highest BCUT2D eigenvalue weighted by Gasteiger charge is 2.41. The molecule has 1 rings (SSSR count). The number of unbranched alkanes of at least 4 members (excludes halogenated alkanes) is 6. The zero-order valence-corrected chi connectivity index (χ0v) is 67.0. The number of likely N-dealkylation sites (tertiary alicyclic amines) is 1. The number of hydrogen-bond donors (Lipinski definition) is 20. The highest BCUT2D eigenvalue weighted by molar-refractivity contribution is 6.00. The number of nitrogens with one attached hydrogen (secondary N) is 12. The first-order valence-corrected chi connectivity index (χ1v) is 39.6. The predicted octanol–water partition coefficient (Wildman–Crippen LogP) is -1.77. The molecule has 0 aliphatic carbocycles. The van der Waals surface area contributed by atoms with E-state index in [1.807, 2.05) is 55.4 Å². The molecule has 626 valence electrons. The van der Waals surface area contributed by atoms with Crippen LogP contribution in [0.1, 0.15) is 230 Å². The molecule has 1 aliphatic rings. The Kier molecular flexibility index (Phi) is 50.0. The molecule has 0 aromatic rings. The van der Waals surface area contributed by atoms with Gasteiger partial charge in [-0.3, -0.25) is 62.3 Å². The summed E-state index contributed by atoms with van der Waals surface area (Å²) in [5.74, 6) is -11.0. The van der Waals surface area contributed by atoms with Crippen molar-refractivity contribution in [3.63, 3.8) is 0 Å². The number of rotatable bonds is 58. The van der Waals surface area contributed by atoms with E-state index in [1.165, 1.54) is 25.7 Å². The van der Waals surface area contributed by atoms with Gasteiger partial charge in [-0.25, -0.2) is 4.79 Å². The fraction of sp³-hybridized carbons (Fsp3) is 0.811. The molecule has 0 aromatic carbocycles. The number of carbonyl (C=O) groups excluding carboxylic acids is 13. The maximum absolute atomic E-state index is 14.9. The number of nitrogens with two attached hydrogens (primary N) is 7. The Morgan fingerprint density at radius 1 is 0.312 bits per heavy atom. The van der Waals surface area contributed by atoms with E-state index in [9.17, 15) is 72.2 Å². The molecule has 35 nitrogen and oxygen atoms in total. The Morgan fingerprint density at radius 3 is 0.881 bits per heavy atom. The average molecular weight is 1550 g/mol. The maximum atomic E-state index is 14.9. The number of amides is 13. The highest BCUT2D eigenvalue weighted by Crippen LogP contribution is 2.22. The molecule has 0 aromatic heterocycles. The summed E-state index contributed by atoms with van der Waals surface area (Å²) in [6.45, 7) is 20.8. The largest absolute Gasteiger partial charge is 0.480 e. The van der Waals surface area contributed by atoms with Crippen molar-refractivity contribution in [3.8, 4) is 0 Å². The molecule has 1 heterocycles. The van der Waals surface area contributed by atoms with Crippen LogP contribution < -0.4 is 104 Å². The Labute approximate surface area is 645 Å². The molecule has 1 aliphatic heterocycles. The summed E-state index contributed by atoms with van der Waals surface area (Å²) in [5.41, 5.74) is 40.6. The van der Waals surface area contributed by atoms with E-state index >= 15 is 0 Å². The van der Waals surface area contributed by atoms with Crippen LogP contribution in [-0.4, -0.2) is 223 Å². The minimum Gasteiger partial charge on any atom is -0.480 e. The van der Waals surface area contributed by atoms with Crippen LogP contribution >= 0.6 is 0 Å². The van der Waals surface area contributed by atoms with Crippen molar-refractivity contribution in [3.05, 3.63) is 0 Å². The molecule has 1 fully saturated rings. The summed E-state index contributed by atoms with van der Waals surface area (Å²) >= 11 is 0. The molecule has 0 unspecified atom stereocenters. The van der Waals surface area contributed by atoms with E-state index in [-0.39, 0.29) is 121 Å². The van der Waals surface area contributed by atoms with Gasteiger partial charge in [-0.2, -0.15) is 0 Å². The lowest BCUT2D eigenvalue weighted by Gasteiger charge is -2.31. The number of aliphatic carboxylic acids is 1. The second-order valence-electron chi connectivity index (χ2n) is 30.6. The van der Waals surface area contributed by atoms with Crippen LogP contribution in [0, 0.1) is 23.7 Å². The van der Waals surface area contributed by atoms with Gasteiger partial charge in [0, 0.05) is 6.54 Å². The van der Waals surface area contributed by atoms with Gasteiger partial charge in [-0.1, -0.05) is 61.8 Å². The normalized spacial score (nSPS) is 16.5. The van der Waals surface area contributed by atoms with Crippen LogP contribution in [-0.2, 0) is 67.1 Å². The Balaban J connectivity index is 3.49. The molecular weight excluding hydrogens is 1410 g/mol. The van der Waals surface area contributed by atoms with Gasteiger partial charge in [0.15, 0.2) is 0 Å². The lowest BCUT2D eigenvalue weighted by Crippen LogP contribution is -2.60. The number of carboxylic acids is 1. The first-order chi connectivity index (χ1) is 51.5. The third-order valence-electron chi connectivity index (χ3n) is 18.6. The van der Waals surface area contributed by atoms with Gasteiger partial charge >= 0.3 is 5.97 Å². The van der Waals surface area contributed by atoms with Crippen molar-refractivity contribution in [2.45, 2.75) is 315 Å². The fourth-order valence-corrected chi connectivity index (χ4v) is 12.4. The molecule has 0 bridgehead atoms. The Morgan fingerprint density at radius 2 is 0.560 bits per heavy atom. The Bertz CT molecular complexity index is 2840. The second kappa shape index (κ2) is 54.8. The van der Waals surface area contributed by atoms with Crippen LogP contribution in [0.25, 0.3) is 0 Å². The molecule has 0 saturated carbocycles. The van der Waals surface area contributed by atoms with E-state index in [0.29, 0.717) is 103 Å². The van der Waals surface area contributed by atoms with Gasteiger partial charge in [0.1, 0.15) is 78.5 Å². The standard InChI is InChI=1S/C74H140N20O15/c1-43(2)39-56(90-64(98)50(81)25-12-18-32-75)68(102)82-47(9)62(96)86-52(27-14-20-34-77)66(100)91-57(40-44(3)4)69(103)83-48(10)61(95)85-51(26-13-19-33-76)65(99)88-54(29-16-22-36-79)73(107)94-38-24-31-60(94)72(106)93-59(42-46(7)8)71(105)87-53(28-15-21-35-78)67(101)92-58(41-45(5)6)70(104)84-49(11)63(97)89-55(74(108)109)30-17-23-37-80/h43-60H,12-42,75-81H2,1-11H3,(H,82,102)(H,83,103)(H,84,104)(H,85,95)(H,86,96)(H,87,105)(H,88,99)(H,89,97)(H,90,98)(H,91,100)(H,92,101)(H,93,106)(H,108,109)/t47-,48-,49-,50-,51-,52-,53-,54-,55-,56-,57-,58-,59-,60-/m0/s1. The first kappa shape index (κ1) is 99.3. The molecular formula is C74H140N20O15. The predicted molar refractivity (Wildman–Crippen MR) is 416 cm³/mol. The van der Waals surface area contributed by atoms with Crippen molar-refractivity contribution in [2.75, 3.05) is 45.8 Å². The number of hydrogen-bond acceptors (Lipinski definition) is 21. The average Bonchev–Trinajstić information content (AvgIpc) is 1.66. The third-order valence-corrected chi connectivity index (χ3v) is 18.6. The minimum atomic E-state index is -1.31. The van der Waals surface area contributed by atoms with Crippen molar-refractivity contribution >= 4 is 82.8 Å². The molecule has 35 heteroatoms. The SMILES string of the molecule is CC(C)C[C@H](NC(=O)[C@H](CCCCN)NC(=O)[C@H](C)NC(=O)[C@H](CC(C)C)NC(=O)[C@@H](N)CCCCN)C(=O)N[C@@H](C)C(=O)N[C@@H](CCCCN)C(=O)N[C@@H](CCCCN)C(=O)N1CCC[C@H]1C(=O)N[C@@H](CC(C)C)C(=O)N[C@@H](CCCCN)C(=O)N[C@@H](CC(C)C)C(=O)N[C@@H](C)C(=O)N[C@@H](CCCCN)C(=O)O. The van der Waals surface area contributed by atoms with E-state index < -0.39 is 167 Å². The molecule has 14 atom stereocenters. The monoisotopic (exact) mass is 1550 g/mol. The van der Waals surface area contributed by atoms with Crippen molar-refractivity contribution in [2.24, 2.45) is 63.8 Å². The minimum absolute atomic E-state index is 0.0374. The molecule has 1 saturated heterocycles. The van der Waals surface area contributed by atoms with Gasteiger partial charge in [0.2, 0.25) is 76.8 Å². The van der Waals surface area contributed by atoms with Crippen molar-refractivity contribution < 1.29 is 72.2 Å². The number of nitrogens with zero attached hydrogens (tertiary/aromatic N) is 1. The summed E-state index contributed by atoms with van der Waals surface area (Å²) in [4.78, 5) is 196.